The van der Waals surface area contributed by atoms with Crippen LogP contribution >= 0.6 is 0 Å². The van der Waals surface area contributed by atoms with Gasteiger partial charge in [-0.25, -0.2) is 9.93 Å². The summed E-state index contributed by atoms with van der Waals surface area (Å²) in [4.78, 5) is 16.0. The number of Topliss-reactive ketones (excluding diaryl/α,β-unsaturated/α-hetero) is 1. The van der Waals surface area contributed by atoms with Gasteiger partial charge in [-0.2, -0.15) is 0 Å². The number of hydrogen-bond acceptors (Lipinski definition) is 4. The Balaban J connectivity index is 1.79. The SMILES string of the molecule is CC(=O)c1cc(C)c(C2=CCN(C(C)/C(C)=C/C3=C(C)N(C)CC=C3NF)CC2)c(F)c1. The quantitative estimate of drug-likeness (QED) is 0.478. The number of benzene rings is 1. The Kier molecular flexibility index (Phi) is 7.34. The van der Waals surface area contributed by atoms with Crippen LogP contribution in [0.2, 0.25) is 0 Å². The number of carbonyl (C=O) groups excluding carboxylic acids is 1. The molecule has 0 aliphatic carbocycles. The lowest BCUT2D eigenvalue weighted by atomic mass is 9.92. The fourth-order valence-electron chi connectivity index (χ4n) is 4.40. The van der Waals surface area contributed by atoms with Crippen LogP contribution in [0.1, 0.15) is 55.6 Å². The zero-order valence-corrected chi connectivity index (χ0v) is 19.9. The van der Waals surface area contributed by atoms with Gasteiger partial charge < -0.3 is 4.90 Å². The van der Waals surface area contributed by atoms with Crippen LogP contribution in [0.3, 0.4) is 0 Å². The van der Waals surface area contributed by atoms with E-state index in [4.69, 9.17) is 0 Å². The van der Waals surface area contributed by atoms with Crippen molar-refractivity contribution in [1.29, 1.82) is 0 Å². The zero-order valence-electron chi connectivity index (χ0n) is 19.9. The number of rotatable bonds is 6. The van der Waals surface area contributed by atoms with Crippen molar-refractivity contribution in [3.63, 3.8) is 0 Å². The Bertz CT molecular complexity index is 1010. The van der Waals surface area contributed by atoms with Gasteiger partial charge in [0, 0.05) is 55.1 Å². The molecular formula is C26H33F2N3O. The second kappa shape index (κ2) is 9.82. The molecule has 0 saturated heterocycles. The lowest BCUT2D eigenvalue weighted by Gasteiger charge is -2.33. The summed E-state index contributed by atoms with van der Waals surface area (Å²) in [6, 6.07) is 3.27. The number of allylic oxidation sites excluding steroid dienone is 2. The van der Waals surface area contributed by atoms with Crippen molar-refractivity contribution in [1.82, 2.24) is 15.3 Å². The van der Waals surface area contributed by atoms with Gasteiger partial charge in [0.15, 0.2) is 5.78 Å². The van der Waals surface area contributed by atoms with E-state index in [9.17, 15) is 13.7 Å². The third-order valence-electron chi connectivity index (χ3n) is 6.76. The van der Waals surface area contributed by atoms with Gasteiger partial charge in [-0.1, -0.05) is 17.7 Å². The minimum absolute atomic E-state index is 0.131. The molecule has 3 rings (SSSR count). The summed E-state index contributed by atoms with van der Waals surface area (Å²) in [5.41, 5.74) is 8.17. The molecule has 0 amide bonds. The van der Waals surface area contributed by atoms with Crippen molar-refractivity contribution < 1.29 is 13.7 Å². The van der Waals surface area contributed by atoms with E-state index < -0.39 is 0 Å². The minimum Gasteiger partial charge on any atom is -0.374 e. The first-order valence-electron chi connectivity index (χ1n) is 11.1. The maximum absolute atomic E-state index is 14.8. The molecule has 2 heterocycles. The van der Waals surface area contributed by atoms with Crippen LogP contribution in [-0.2, 0) is 0 Å². The first-order valence-corrected chi connectivity index (χ1v) is 11.1. The monoisotopic (exact) mass is 441 g/mol. The van der Waals surface area contributed by atoms with E-state index in [1.807, 2.05) is 32.5 Å². The minimum atomic E-state index is -0.333. The third kappa shape index (κ3) is 4.85. The number of ketones is 1. The second-order valence-electron chi connectivity index (χ2n) is 8.84. The maximum Gasteiger partial charge on any atom is 0.159 e. The van der Waals surface area contributed by atoms with Crippen molar-refractivity contribution in [3.05, 3.63) is 75.4 Å². The lowest BCUT2D eigenvalue weighted by molar-refractivity contribution is 0.101. The average molecular weight is 442 g/mol. The van der Waals surface area contributed by atoms with Crippen LogP contribution in [0.4, 0.5) is 8.87 Å². The molecule has 6 heteroatoms. The van der Waals surface area contributed by atoms with Gasteiger partial charge >= 0.3 is 0 Å². The molecule has 2 aliphatic rings. The van der Waals surface area contributed by atoms with E-state index in [1.165, 1.54) is 13.0 Å². The van der Waals surface area contributed by atoms with E-state index in [0.717, 1.165) is 40.9 Å². The lowest BCUT2D eigenvalue weighted by Crippen LogP contribution is -2.37. The van der Waals surface area contributed by atoms with Crippen molar-refractivity contribution in [2.75, 3.05) is 26.7 Å². The number of carbonyl (C=O) groups is 1. The number of aryl methyl sites for hydroxylation is 1. The number of likely N-dealkylation sites (N-methyl/N-ethyl adjacent to an activating group) is 1. The van der Waals surface area contributed by atoms with E-state index in [0.29, 0.717) is 29.9 Å². The van der Waals surface area contributed by atoms with Crippen molar-refractivity contribution in [3.8, 4) is 0 Å². The average Bonchev–Trinajstić information content (AvgIpc) is 2.76. The molecule has 32 heavy (non-hydrogen) atoms. The standard InChI is InChI=1S/C26H33F2N3O/c1-16(14-23-19(4)30(6)10-9-25(23)29-28)18(3)31-11-7-21(8-12-31)26-17(2)13-22(20(5)32)15-24(26)27/h7,9,13-15,18,29H,8,10-12H2,1-6H3/b16-14+. The predicted octanol–water partition coefficient (Wildman–Crippen LogP) is 5.34. The van der Waals surface area contributed by atoms with Gasteiger partial charge in [-0.05, 0) is 70.4 Å². The molecular weight excluding hydrogens is 408 g/mol. The van der Waals surface area contributed by atoms with E-state index in [1.54, 1.807) is 6.07 Å². The molecule has 1 atom stereocenters. The summed E-state index contributed by atoms with van der Waals surface area (Å²) < 4.78 is 28.1. The van der Waals surface area contributed by atoms with Crippen LogP contribution in [-0.4, -0.2) is 48.3 Å². The highest BCUT2D eigenvalue weighted by Crippen LogP contribution is 2.31. The third-order valence-corrected chi connectivity index (χ3v) is 6.76. The summed E-state index contributed by atoms with van der Waals surface area (Å²) in [5, 5.41) is 0. The van der Waals surface area contributed by atoms with Crippen LogP contribution in [0.15, 0.2) is 52.9 Å². The van der Waals surface area contributed by atoms with Crippen LogP contribution < -0.4 is 5.54 Å². The molecule has 0 aromatic heterocycles. The summed E-state index contributed by atoms with van der Waals surface area (Å²) in [7, 11) is 1.99. The van der Waals surface area contributed by atoms with Gasteiger partial charge in [-0.3, -0.25) is 9.69 Å². The topological polar surface area (TPSA) is 35.6 Å². The Morgan fingerprint density at radius 3 is 2.47 bits per heavy atom. The normalized spacial score (nSPS) is 19.0. The molecule has 1 unspecified atom stereocenters. The number of halogens is 2. The Hall–Kier alpha value is -2.73. The van der Waals surface area contributed by atoms with Gasteiger partial charge in [-0.15, -0.1) is 4.48 Å². The first-order chi connectivity index (χ1) is 15.1. The van der Waals surface area contributed by atoms with Crippen molar-refractivity contribution in [2.45, 2.75) is 47.1 Å². The molecule has 0 spiro atoms. The predicted molar refractivity (Wildman–Crippen MR) is 126 cm³/mol. The molecule has 0 saturated carbocycles. The Labute approximate surface area is 189 Å². The summed E-state index contributed by atoms with van der Waals surface area (Å²) in [6.45, 7) is 11.7. The van der Waals surface area contributed by atoms with Crippen LogP contribution in [0.5, 0.6) is 0 Å². The van der Waals surface area contributed by atoms with E-state index >= 15 is 0 Å². The van der Waals surface area contributed by atoms with Gasteiger partial charge in [0.2, 0.25) is 0 Å². The van der Waals surface area contributed by atoms with Crippen LogP contribution in [0.25, 0.3) is 5.57 Å². The molecule has 0 bridgehead atoms. The Morgan fingerprint density at radius 2 is 1.91 bits per heavy atom. The zero-order chi connectivity index (χ0) is 23.6. The smallest absolute Gasteiger partial charge is 0.159 e. The highest BCUT2D eigenvalue weighted by molar-refractivity contribution is 5.94. The molecule has 0 fully saturated rings. The fraction of sp³-hybridized carbons (Fsp3) is 0.423. The van der Waals surface area contributed by atoms with Crippen LogP contribution in [0, 0.1) is 12.7 Å². The molecule has 1 aromatic rings. The summed E-state index contributed by atoms with van der Waals surface area (Å²) >= 11 is 0. The number of nitrogens with zero attached hydrogens (tertiary/aromatic N) is 2. The Morgan fingerprint density at radius 1 is 1.19 bits per heavy atom. The molecule has 1 aromatic carbocycles. The fourth-order valence-corrected chi connectivity index (χ4v) is 4.40. The number of hydrogen-bond donors (Lipinski definition) is 1. The van der Waals surface area contributed by atoms with Gasteiger partial charge in [0.1, 0.15) is 5.82 Å². The molecule has 2 aliphatic heterocycles. The highest BCUT2D eigenvalue weighted by atomic mass is 19.2. The second-order valence-corrected chi connectivity index (χ2v) is 8.84. The van der Waals surface area contributed by atoms with E-state index in [2.05, 4.69) is 35.8 Å². The first kappa shape index (κ1) is 23.9. The molecule has 172 valence electrons. The highest BCUT2D eigenvalue weighted by Gasteiger charge is 2.23. The summed E-state index contributed by atoms with van der Waals surface area (Å²) in [5.74, 6) is -0.463. The van der Waals surface area contributed by atoms with E-state index in [-0.39, 0.29) is 17.6 Å². The molecule has 4 nitrogen and oxygen atoms in total. The summed E-state index contributed by atoms with van der Waals surface area (Å²) in [6.07, 6.45) is 6.72. The maximum atomic E-state index is 14.8. The molecule has 0 radical (unpaired) electrons. The van der Waals surface area contributed by atoms with Gasteiger partial charge in [0.05, 0.1) is 5.70 Å². The number of nitrogens with one attached hydrogen (secondary N) is 1. The molecule has 1 N–H and O–H groups in total. The van der Waals surface area contributed by atoms with Gasteiger partial charge in [0.25, 0.3) is 0 Å². The van der Waals surface area contributed by atoms with Crippen molar-refractivity contribution in [2.24, 2.45) is 0 Å². The van der Waals surface area contributed by atoms with Crippen molar-refractivity contribution >= 4 is 11.4 Å². The largest absolute Gasteiger partial charge is 0.374 e.